The van der Waals surface area contributed by atoms with E-state index in [1.807, 2.05) is 0 Å². The van der Waals surface area contributed by atoms with Gasteiger partial charge < -0.3 is 4.74 Å². The van der Waals surface area contributed by atoms with Gasteiger partial charge in [0.25, 0.3) is 0 Å². The molecule has 6 heteroatoms. The van der Waals surface area contributed by atoms with Crippen molar-refractivity contribution >= 4 is 21.7 Å². The van der Waals surface area contributed by atoms with Crippen LogP contribution in [0.5, 0.6) is 0 Å². The zero-order valence-corrected chi connectivity index (χ0v) is 12.5. The van der Waals surface area contributed by atoms with Crippen LogP contribution >= 0.6 is 15.9 Å². The highest BCUT2D eigenvalue weighted by Crippen LogP contribution is 2.21. The number of halogens is 4. The van der Waals surface area contributed by atoms with Gasteiger partial charge in [-0.1, -0.05) is 28.1 Å². The molecule has 0 aliphatic rings. The normalized spacial score (nSPS) is 11.6. The van der Waals surface area contributed by atoms with E-state index in [0.717, 1.165) is 4.47 Å². The molecule has 0 heterocycles. The molecule has 0 unspecified atom stereocenters. The molecule has 0 amide bonds. The van der Waals surface area contributed by atoms with E-state index < -0.39 is 12.6 Å². The number of Topliss-reactive ketones (excluding diaryl/α,β-unsaturated/α-hetero) is 1. The lowest BCUT2D eigenvalue weighted by molar-refractivity contribution is -0.137. The number of carbonyl (C=O) groups excluding carboxylic acids is 1. The largest absolute Gasteiger partial charge is 0.389 e. The molecular formula is C14H16BrF3O2. The predicted octanol–water partition coefficient (Wildman–Crippen LogP) is 4.77. The Kier molecular flexibility index (Phi) is 7.23. The van der Waals surface area contributed by atoms with Gasteiger partial charge in [0.05, 0.1) is 0 Å². The van der Waals surface area contributed by atoms with E-state index in [1.165, 1.54) is 0 Å². The third kappa shape index (κ3) is 7.65. The van der Waals surface area contributed by atoms with Gasteiger partial charge in [-0.05, 0) is 25.0 Å². The molecule has 0 fully saturated rings. The van der Waals surface area contributed by atoms with Crippen LogP contribution in [0.25, 0.3) is 0 Å². The molecule has 0 saturated carbocycles. The summed E-state index contributed by atoms with van der Waals surface area (Å²) in [7, 11) is 0. The van der Waals surface area contributed by atoms with Crippen LogP contribution in [0.4, 0.5) is 13.2 Å². The standard InChI is InChI=1S/C14H16BrF3O2/c15-12-6-4-11(5-7-12)13(19)3-1-9-20-10-2-8-14(16,17)18/h4-7H,1-3,8-10H2. The van der Waals surface area contributed by atoms with Crippen molar-refractivity contribution < 1.29 is 22.7 Å². The average molecular weight is 353 g/mol. The van der Waals surface area contributed by atoms with Gasteiger partial charge in [0.1, 0.15) is 0 Å². The van der Waals surface area contributed by atoms with Crippen molar-refractivity contribution in [3.8, 4) is 0 Å². The molecule has 0 saturated heterocycles. The summed E-state index contributed by atoms with van der Waals surface area (Å²) in [4.78, 5) is 11.8. The van der Waals surface area contributed by atoms with Crippen LogP contribution in [-0.2, 0) is 4.74 Å². The van der Waals surface area contributed by atoms with Gasteiger partial charge in [-0.2, -0.15) is 13.2 Å². The summed E-state index contributed by atoms with van der Waals surface area (Å²) in [6, 6.07) is 7.05. The summed E-state index contributed by atoms with van der Waals surface area (Å²) < 4.78 is 41.5. The Morgan fingerprint density at radius 2 is 1.70 bits per heavy atom. The van der Waals surface area contributed by atoms with Gasteiger partial charge >= 0.3 is 6.18 Å². The highest BCUT2D eigenvalue weighted by molar-refractivity contribution is 9.10. The van der Waals surface area contributed by atoms with Gasteiger partial charge in [0, 0.05) is 36.1 Å². The van der Waals surface area contributed by atoms with E-state index >= 15 is 0 Å². The van der Waals surface area contributed by atoms with Crippen molar-refractivity contribution in [3.63, 3.8) is 0 Å². The van der Waals surface area contributed by atoms with E-state index in [4.69, 9.17) is 4.74 Å². The molecule has 1 aromatic rings. The average Bonchev–Trinajstić information content (AvgIpc) is 2.37. The fraction of sp³-hybridized carbons (Fsp3) is 0.500. The Balaban J connectivity index is 2.09. The van der Waals surface area contributed by atoms with E-state index in [1.54, 1.807) is 24.3 Å². The van der Waals surface area contributed by atoms with Crippen LogP contribution in [0.3, 0.4) is 0 Å². The maximum atomic E-state index is 11.8. The Hall–Kier alpha value is -0.880. The minimum atomic E-state index is -4.12. The second-order valence-corrected chi connectivity index (χ2v) is 5.28. The zero-order valence-electron chi connectivity index (χ0n) is 10.9. The lowest BCUT2D eigenvalue weighted by Gasteiger charge is -2.06. The van der Waals surface area contributed by atoms with Crippen LogP contribution in [0.15, 0.2) is 28.7 Å². The third-order valence-corrected chi connectivity index (χ3v) is 3.14. The molecule has 1 aromatic carbocycles. The molecule has 0 aromatic heterocycles. The summed E-state index contributed by atoms with van der Waals surface area (Å²) in [5.74, 6) is 0.0105. The monoisotopic (exact) mass is 352 g/mol. The van der Waals surface area contributed by atoms with Crippen molar-refractivity contribution in [1.29, 1.82) is 0 Å². The highest BCUT2D eigenvalue weighted by Gasteiger charge is 2.25. The molecule has 1 rings (SSSR count). The summed E-state index contributed by atoms with van der Waals surface area (Å²) in [5, 5.41) is 0. The smallest absolute Gasteiger partial charge is 0.381 e. The number of benzene rings is 1. The molecule has 0 bridgehead atoms. The molecule has 0 aliphatic heterocycles. The topological polar surface area (TPSA) is 26.3 Å². The summed E-state index contributed by atoms with van der Waals surface area (Å²) in [6.45, 7) is 0.381. The Morgan fingerprint density at radius 3 is 2.30 bits per heavy atom. The predicted molar refractivity (Wildman–Crippen MR) is 73.8 cm³/mol. The molecule has 0 atom stereocenters. The number of ether oxygens (including phenoxy) is 1. The number of rotatable bonds is 8. The van der Waals surface area contributed by atoms with E-state index in [9.17, 15) is 18.0 Å². The Bertz CT molecular complexity index is 415. The number of ketones is 1. The third-order valence-electron chi connectivity index (χ3n) is 2.61. The van der Waals surface area contributed by atoms with Crippen molar-refractivity contribution in [2.45, 2.75) is 31.9 Å². The molecule has 2 nitrogen and oxygen atoms in total. The first-order chi connectivity index (χ1) is 9.38. The van der Waals surface area contributed by atoms with Gasteiger partial charge in [-0.15, -0.1) is 0 Å². The second kappa shape index (κ2) is 8.42. The van der Waals surface area contributed by atoms with Crippen LogP contribution < -0.4 is 0 Å². The molecule has 0 radical (unpaired) electrons. The lowest BCUT2D eigenvalue weighted by Crippen LogP contribution is -2.09. The van der Waals surface area contributed by atoms with Gasteiger partial charge in [0.2, 0.25) is 0 Å². The van der Waals surface area contributed by atoms with Crippen LogP contribution in [0.2, 0.25) is 0 Å². The number of alkyl halides is 3. The Morgan fingerprint density at radius 1 is 1.10 bits per heavy atom. The maximum Gasteiger partial charge on any atom is 0.389 e. The Labute approximate surface area is 124 Å². The zero-order chi connectivity index (χ0) is 15.0. The van der Waals surface area contributed by atoms with Gasteiger partial charge in [0.15, 0.2) is 5.78 Å². The fourth-order valence-electron chi connectivity index (χ4n) is 1.59. The van der Waals surface area contributed by atoms with Crippen molar-refractivity contribution in [1.82, 2.24) is 0 Å². The summed E-state index contributed by atoms with van der Waals surface area (Å²) in [5.41, 5.74) is 0.630. The van der Waals surface area contributed by atoms with E-state index in [-0.39, 0.29) is 18.8 Å². The van der Waals surface area contributed by atoms with Crippen molar-refractivity contribution in [2.75, 3.05) is 13.2 Å². The molecular weight excluding hydrogens is 337 g/mol. The SMILES string of the molecule is O=C(CCCOCCCC(F)(F)F)c1ccc(Br)cc1. The van der Waals surface area contributed by atoms with Crippen molar-refractivity contribution in [2.24, 2.45) is 0 Å². The molecule has 0 N–H and O–H groups in total. The minimum Gasteiger partial charge on any atom is -0.381 e. The number of hydrogen-bond donors (Lipinski definition) is 0. The van der Waals surface area contributed by atoms with Gasteiger partial charge in [-0.25, -0.2) is 0 Å². The minimum absolute atomic E-state index is 0.0105. The molecule has 0 aliphatic carbocycles. The first kappa shape index (κ1) is 17.2. The summed E-state index contributed by atoms with van der Waals surface area (Å²) in [6.07, 6.45) is -4.14. The summed E-state index contributed by atoms with van der Waals surface area (Å²) >= 11 is 3.28. The molecule has 112 valence electrons. The molecule has 0 spiro atoms. The van der Waals surface area contributed by atoms with Crippen molar-refractivity contribution in [3.05, 3.63) is 34.3 Å². The first-order valence-electron chi connectivity index (χ1n) is 6.32. The van der Waals surface area contributed by atoms with E-state index in [2.05, 4.69) is 15.9 Å². The molecule has 20 heavy (non-hydrogen) atoms. The first-order valence-corrected chi connectivity index (χ1v) is 7.11. The number of carbonyl (C=O) groups is 1. The van der Waals surface area contributed by atoms with Crippen LogP contribution in [0.1, 0.15) is 36.0 Å². The van der Waals surface area contributed by atoms with Crippen LogP contribution in [-0.4, -0.2) is 25.2 Å². The highest BCUT2D eigenvalue weighted by atomic mass is 79.9. The quantitative estimate of drug-likeness (QED) is 0.497. The van der Waals surface area contributed by atoms with Gasteiger partial charge in [-0.3, -0.25) is 4.79 Å². The number of hydrogen-bond acceptors (Lipinski definition) is 2. The fourth-order valence-corrected chi connectivity index (χ4v) is 1.86. The maximum absolute atomic E-state index is 11.8. The van der Waals surface area contributed by atoms with Crippen LogP contribution in [0, 0.1) is 0 Å². The second-order valence-electron chi connectivity index (χ2n) is 4.36. The lowest BCUT2D eigenvalue weighted by atomic mass is 10.1. The van der Waals surface area contributed by atoms with E-state index in [0.29, 0.717) is 25.0 Å².